The lowest BCUT2D eigenvalue weighted by molar-refractivity contribution is 0.294. The number of hydrogen-bond donors (Lipinski definition) is 0. The molecule has 2 aliphatic rings. The van der Waals surface area contributed by atoms with Gasteiger partial charge < -0.3 is 0 Å². The van der Waals surface area contributed by atoms with Crippen molar-refractivity contribution in [2.24, 2.45) is 16.2 Å². The van der Waals surface area contributed by atoms with Crippen molar-refractivity contribution in [2.75, 3.05) is 0 Å². The van der Waals surface area contributed by atoms with E-state index in [1.165, 1.54) is 89.9 Å². The SMILES string of the molecule is CC1(C)C(C)(C#N)C12CCCCCCCCCCCCCC2. The smallest absolute Gasteiger partial charge is 0.0698 e. The molecule has 1 nitrogen and oxygen atoms in total. The van der Waals surface area contributed by atoms with Crippen molar-refractivity contribution >= 4 is 0 Å². The van der Waals surface area contributed by atoms with Gasteiger partial charge in [0.1, 0.15) is 0 Å². The Kier molecular flexibility index (Phi) is 5.98. The van der Waals surface area contributed by atoms with Gasteiger partial charge >= 0.3 is 0 Å². The highest BCUT2D eigenvalue weighted by atomic mass is 14.8. The van der Waals surface area contributed by atoms with Gasteiger partial charge in [0.25, 0.3) is 0 Å². The average molecular weight is 304 g/mol. The van der Waals surface area contributed by atoms with E-state index in [0.29, 0.717) is 5.41 Å². The summed E-state index contributed by atoms with van der Waals surface area (Å²) in [6, 6.07) is 2.71. The van der Waals surface area contributed by atoms with Crippen LogP contribution in [0, 0.1) is 27.6 Å². The van der Waals surface area contributed by atoms with Crippen molar-refractivity contribution in [3.05, 3.63) is 0 Å². The zero-order valence-electron chi connectivity index (χ0n) is 15.3. The number of nitrogens with zero attached hydrogens (tertiary/aromatic N) is 1. The number of rotatable bonds is 0. The van der Waals surface area contributed by atoms with Gasteiger partial charge in [0, 0.05) is 0 Å². The van der Waals surface area contributed by atoms with Crippen molar-refractivity contribution in [3.8, 4) is 6.07 Å². The lowest BCUT2D eigenvalue weighted by Crippen LogP contribution is -2.12. The maximum atomic E-state index is 9.78. The molecule has 0 aromatic heterocycles. The second kappa shape index (κ2) is 7.37. The van der Waals surface area contributed by atoms with E-state index in [2.05, 4.69) is 26.8 Å². The average Bonchev–Trinajstić information content (AvgIpc) is 2.88. The van der Waals surface area contributed by atoms with Crippen LogP contribution < -0.4 is 0 Å². The molecule has 0 aromatic rings. The molecule has 1 heteroatoms. The molecule has 2 rings (SSSR count). The lowest BCUT2D eigenvalue weighted by Gasteiger charge is -2.21. The van der Waals surface area contributed by atoms with Crippen LogP contribution in [0.2, 0.25) is 0 Å². The third-order valence-electron chi connectivity index (χ3n) is 7.52. The van der Waals surface area contributed by atoms with E-state index in [4.69, 9.17) is 0 Å². The Morgan fingerprint density at radius 3 is 1.18 bits per heavy atom. The van der Waals surface area contributed by atoms with Crippen LogP contribution in [0.4, 0.5) is 0 Å². The van der Waals surface area contributed by atoms with Crippen molar-refractivity contribution in [2.45, 2.75) is 111 Å². The third kappa shape index (κ3) is 3.08. The van der Waals surface area contributed by atoms with E-state index in [1.54, 1.807) is 0 Å². The molecule has 0 radical (unpaired) electrons. The molecule has 2 fully saturated rings. The molecule has 0 heterocycles. The molecule has 0 amide bonds. The van der Waals surface area contributed by atoms with Crippen LogP contribution in [0.1, 0.15) is 111 Å². The molecule has 126 valence electrons. The Balaban J connectivity index is 1.97. The summed E-state index contributed by atoms with van der Waals surface area (Å²) in [6.45, 7) is 6.94. The van der Waals surface area contributed by atoms with Crippen molar-refractivity contribution in [3.63, 3.8) is 0 Å². The maximum Gasteiger partial charge on any atom is 0.0698 e. The van der Waals surface area contributed by atoms with E-state index in [0.717, 1.165) is 0 Å². The first-order valence-electron chi connectivity index (χ1n) is 9.93. The van der Waals surface area contributed by atoms with Crippen LogP contribution in [-0.4, -0.2) is 0 Å². The largest absolute Gasteiger partial charge is 0.198 e. The summed E-state index contributed by atoms with van der Waals surface area (Å²) in [5.41, 5.74) is 0.422. The molecule has 2 aliphatic carbocycles. The van der Waals surface area contributed by atoms with Crippen molar-refractivity contribution < 1.29 is 0 Å². The summed E-state index contributed by atoms with van der Waals surface area (Å²) in [5, 5.41) is 9.78. The van der Waals surface area contributed by atoms with Gasteiger partial charge in [-0.05, 0) is 30.6 Å². The van der Waals surface area contributed by atoms with E-state index in [1.807, 2.05) is 0 Å². The molecule has 22 heavy (non-hydrogen) atoms. The maximum absolute atomic E-state index is 9.78. The molecule has 2 saturated carbocycles. The molecule has 0 N–H and O–H groups in total. The van der Waals surface area contributed by atoms with Gasteiger partial charge in [0.2, 0.25) is 0 Å². The standard InChI is InChI=1S/C21H37N/c1-19(2)20(3,18-22)21(19)16-14-12-10-8-6-4-5-7-9-11-13-15-17-21/h4-17H2,1-3H3. The first-order valence-corrected chi connectivity index (χ1v) is 9.93. The van der Waals surface area contributed by atoms with Crippen LogP contribution in [0.5, 0.6) is 0 Å². The molecular formula is C21H37N. The first-order chi connectivity index (χ1) is 10.5. The van der Waals surface area contributed by atoms with Crippen LogP contribution in [0.15, 0.2) is 0 Å². The normalized spacial score (nSPS) is 33.4. The summed E-state index contributed by atoms with van der Waals surface area (Å²) in [7, 11) is 0. The van der Waals surface area contributed by atoms with Gasteiger partial charge in [-0.1, -0.05) is 90.9 Å². The van der Waals surface area contributed by atoms with Gasteiger partial charge in [0.15, 0.2) is 0 Å². The quantitative estimate of drug-likeness (QED) is 0.472. The monoisotopic (exact) mass is 303 g/mol. The highest BCUT2D eigenvalue weighted by molar-refractivity contribution is 5.33. The Labute approximate surface area is 138 Å². The van der Waals surface area contributed by atoms with Crippen LogP contribution in [-0.2, 0) is 0 Å². The second-order valence-corrected chi connectivity index (χ2v) is 8.69. The predicted molar refractivity (Wildman–Crippen MR) is 94.6 cm³/mol. The fourth-order valence-electron chi connectivity index (χ4n) is 5.42. The van der Waals surface area contributed by atoms with E-state index < -0.39 is 0 Å². The predicted octanol–water partition coefficient (Wildman–Crippen LogP) is 7.02. The summed E-state index contributed by atoms with van der Waals surface area (Å²) >= 11 is 0. The summed E-state index contributed by atoms with van der Waals surface area (Å²) in [5.74, 6) is 0. The summed E-state index contributed by atoms with van der Waals surface area (Å²) in [4.78, 5) is 0. The zero-order valence-corrected chi connectivity index (χ0v) is 15.3. The van der Waals surface area contributed by atoms with E-state index in [9.17, 15) is 5.26 Å². The number of hydrogen-bond acceptors (Lipinski definition) is 1. The van der Waals surface area contributed by atoms with Gasteiger partial charge in [0.05, 0.1) is 11.5 Å². The Hall–Kier alpha value is -0.510. The molecule has 0 bridgehead atoms. The van der Waals surface area contributed by atoms with Gasteiger partial charge in [-0.2, -0.15) is 5.26 Å². The second-order valence-electron chi connectivity index (χ2n) is 8.69. The molecule has 1 spiro atoms. The number of nitriles is 1. The summed E-state index contributed by atoms with van der Waals surface area (Å²) < 4.78 is 0. The molecule has 0 aromatic carbocycles. The highest BCUT2D eigenvalue weighted by Crippen LogP contribution is 2.81. The Bertz CT molecular complexity index is 373. The van der Waals surface area contributed by atoms with E-state index in [-0.39, 0.29) is 10.8 Å². The zero-order chi connectivity index (χ0) is 16.1. The van der Waals surface area contributed by atoms with Crippen LogP contribution in [0.3, 0.4) is 0 Å². The van der Waals surface area contributed by atoms with Gasteiger partial charge in [-0.25, -0.2) is 0 Å². The summed E-state index contributed by atoms with van der Waals surface area (Å²) in [6.07, 6.45) is 19.4. The Morgan fingerprint density at radius 1 is 0.591 bits per heavy atom. The molecule has 1 unspecified atom stereocenters. The molecule has 0 saturated heterocycles. The van der Waals surface area contributed by atoms with Crippen LogP contribution in [0.25, 0.3) is 0 Å². The lowest BCUT2D eigenvalue weighted by atomic mass is 9.83. The van der Waals surface area contributed by atoms with Crippen LogP contribution >= 0.6 is 0 Å². The Morgan fingerprint density at radius 2 is 0.909 bits per heavy atom. The van der Waals surface area contributed by atoms with Gasteiger partial charge in [-0.15, -0.1) is 0 Å². The minimum atomic E-state index is -0.0893. The third-order valence-corrected chi connectivity index (χ3v) is 7.52. The highest BCUT2D eigenvalue weighted by Gasteiger charge is 2.78. The minimum absolute atomic E-state index is 0.0893. The molecule has 1 atom stereocenters. The fraction of sp³-hybridized carbons (Fsp3) is 0.952. The minimum Gasteiger partial charge on any atom is -0.198 e. The topological polar surface area (TPSA) is 23.8 Å². The van der Waals surface area contributed by atoms with Gasteiger partial charge in [-0.3, -0.25) is 0 Å². The molecule has 0 aliphatic heterocycles. The van der Waals surface area contributed by atoms with E-state index >= 15 is 0 Å². The molecular weight excluding hydrogens is 266 g/mol. The van der Waals surface area contributed by atoms with Crippen molar-refractivity contribution in [1.82, 2.24) is 0 Å². The first kappa shape index (κ1) is 17.8. The van der Waals surface area contributed by atoms with Crippen molar-refractivity contribution in [1.29, 1.82) is 5.26 Å². The fourth-order valence-corrected chi connectivity index (χ4v) is 5.42.